The Labute approximate surface area is 88.2 Å². The Balaban J connectivity index is 2.53. The normalized spacial score (nSPS) is 25.4. The summed E-state index contributed by atoms with van der Waals surface area (Å²) >= 11 is 3.02. The maximum atomic E-state index is 13.4. The second-order valence-electron chi connectivity index (χ2n) is 3.13. The molecule has 14 heavy (non-hydrogen) atoms. The number of hydrogen-bond acceptors (Lipinski definition) is 2. The number of rotatable bonds is 0. The zero-order chi connectivity index (χ0) is 10.3. The van der Waals surface area contributed by atoms with E-state index in [9.17, 15) is 8.78 Å². The molecule has 0 aliphatic carbocycles. The molecule has 1 heterocycles. The van der Waals surface area contributed by atoms with E-state index in [2.05, 4.69) is 15.9 Å². The highest BCUT2D eigenvalue weighted by Crippen LogP contribution is 2.37. The van der Waals surface area contributed by atoms with Crippen molar-refractivity contribution in [3.8, 4) is 5.75 Å². The van der Waals surface area contributed by atoms with Crippen LogP contribution in [0, 0.1) is 5.82 Å². The Bertz CT molecular complexity index is 372. The standard InChI is InChI=1S/C9H8BrF2NO/c10-5-2-1-4-8(13)6(11)3-14-9(4)7(5)12/h1-2,6,8H,3,13H2. The molecule has 0 spiro atoms. The van der Waals surface area contributed by atoms with Crippen LogP contribution >= 0.6 is 15.9 Å². The number of fused-ring (bicyclic) bond motifs is 1. The van der Waals surface area contributed by atoms with Crippen LogP contribution in [0.2, 0.25) is 0 Å². The zero-order valence-corrected chi connectivity index (χ0v) is 8.72. The van der Waals surface area contributed by atoms with Crippen molar-refractivity contribution in [1.29, 1.82) is 0 Å². The summed E-state index contributed by atoms with van der Waals surface area (Å²) in [6.07, 6.45) is -1.27. The Hall–Kier alpha value is -0.680. The molecule has 0 saturated carbocycles. The molecule has 2 N–H and O–H groups in total. The summed E-state index contributed by atoms with van der Waals surface area (Å²) in [6, 6.07) is 2.26. The van der Waals surface area contributed by atoms with Crippen LogP contribution in [0.25, 0.3) is 0 Å². The summed E-state index contributed by atoms with van der Waals surface area (Å²) in [5.74, 6) is -0.467. The van der Waals surface area contributed by atoms with E-state index in [0.717, 1.165) is 0 Å². The SMILES string of the molecule is NC1c2ccc(Br)c(F)c2OCC1F. The van der Waals surface area contributed by atoms with Crippen molar-refractivity contribution in [2.24, 2.45) is 5.73 Å². The van der Waals surface area contributed by atoms with Crippen LogP contribution in [-0.4, -0.2) is 12.8 Å². The lowest BCUT2D eigenvalue weighted by molar-refractivity contribution is 0.141. The van der Waals surface area contributed by atoms with Crippen LogP contribution in [0.3, 0.4) is 0 Å². The van der Waals surface area contributed by atoms with Crippen molar-refractivity contribution < 1.29 is 13.5 Å². The molecule has 0 aromatic heterocycles. The van der Waals surface area contributed by atoms with Gasteiger partial charge in [-0.05, 0) is 22.0 Å². The van der Waals surface area contributed by atoms with Gasteiger partial charge in [0, 0.05) is 5.56 Å². The van der Waals surface area contributed by atoms with E-state index in [0.29, 0.717) is 10.0 Å². The minimum absolute atomic E-state index is 0.0563. The summed E-state index contributed by atoms with van der Waals surface area (Å²) in [7, 11) is 0. The molecule has 0 radical (unpaired) electrons. The first-order valence-corrected chi connectivity index (χ1v) is 4.91. The van der Waals surface area contributed by atoms with Crippen LogP contribution in [0.1, 0.15) is 11.6 Å². The van der Waals surface area contributed by atoms with Gasteiger partial charge in [-0.15, -0.1) is 0 Å². The summed E-state index contributed by atoms with van der Waals surface area (Å²) < 4.78 is 31.8. The van der Waals surface area contributed by atoms with Gasteiger partial charge < -0.3 is 10.5 Å². The molecule has 76 valence electrons. The van der Waals surface area contributed by atoms with Crippen LogP contribution < -0.4 is 10.5 Å². The quantitative estimate of drug-likeness (QED) is 0.780. The van der Waals surface area contributed by atoms with Crippen LogP contribution in [0.5, 0.6) is 5.75 Å². The van der Waals surface area contributed by atoms with Crippen LogP contribution in [0.15, 0.2) is 16.6 Å². The number of benzene rings is 1. The van der Waals surface area contributed by atoms with E-state index in [1.165, 1.54) is 6.07 Å². The van der Waals surface area contributed by atoms with Crippen molar-refractivity contribution in [3.63, 3.8) is 0 Å². The molecule has 0 amide bonds. The summed E-state index contributed by atoms with van der Waals surface area (Å²) in [6.45, 7) is -0.193. The van der Waals surface area contributed by atoms with Crippen molar-refractivity contribution in [2.45, 2.75) is 12.2 Å². The molecule has 5 heteroatoms. The third-order valence-corrected chi connectivity index (χ3v) is 2.83. The molecule has 0 fully saturated rings. The van der Waals surface area contributed by atoms with E-state index in [4.69, 9.17) is 10.5 Å². The molecule has 0 saturated heterocycles. The van der Waals surface area contributed by atoms with Gasteiger partial charge in [0.2, 0.25) is 0 Å². The lowest BCUT2D eigenvalue weighted by atomic mass is 10.00. The van der Waals surface area contributed by atoms with E-state index >= 15 is 0 Å². The van der Waals surface area contributed by atoms with Gasteiger partial charge in [-0.25, -0.2) is 8.78 Å². The lowest BCUT2D eigenvalue weighted by Crippen LogP contribution is -2.33. The second kappa shape index (κ2) is 3.47. The molecular formula is C9H8BrF2NO. The van der Waals surface area contributed by atoms with E-state index < -0.39 is 18.0 Å². The fourth-order valence-corrected chi connectivity index (χ4v) is 1.73. The average Bonchev–Trinajstić information content (AvgIpc) is 2.17. The van der Waals surface area contributed by atoms with Crippen LogP contribution in [-0.2, 0) is 0 Å². The predicted molar refractivity (Wildman–Crippen MR) is 51.4 cm³/mol. The molecule has 2 rings (SSSR count). The fourth-order valence-electron chi connectivity index (χ4n) is 1.42. The van der Waals surface area contributed by atoms with Gasteiger partial charge in [-0.1, -0.05) is 6.07 Å². The van der Waals surface area contributed by atoms with Gasteiger partial charge in [0.1, 0.15) is 6.61 Å². The number of halogens is 3. The predicted octanol–water partition coefficient (Wildman–Crippen LogP) is 2.32. The largest absolute Gasteiger partial charge is 0.487 e. The molecule has 1 aliphatic heterocycles. The number of ether oxygens (including phenoxy) is 1. The van der Waals surface area contributed by atoms with Crippen molar-refractivity contribution in [1.82, 2.24) is 0 Å². The summed E-state index contributed by atoms with van der Waals surface area (Å²) in [5.41, 5.74) is 5.95. The highest BCUT2D eigenvalue weighted by Gasteiger charge is 2.30. The van der Waals surface area contributed by atoms with E-state index in [-0.39, 0.29) is 12.4 Å². The fraction of sp³-hybridized carbons (Fsp3) is 0.333. The maximum Gasteiger partial charge on any atom is 0.179 e. The molecule has 2 unspecified atom stereocenters. The minimum atomic E-state index is -1.27. The molecule has 2 nitrogen and oxygen atoms in total. The maximum absolute atomic E-state index is 13.4. The van der Waals surface area contributed by atoms with Gasteiger partial charge in [0.15, 0.2) is 17.7 Å². The molecule has 0 bridgehead atoms. The Morgan fingerprint density at radius 1 is 1.50 bits per heavy atom. The Morgan fingerprint density at radius 2 is 2.21 bits per heavy atom. The highest BCUT2D eigenvalue weighted by atomic mass is 79.9. The average molecular weight is 264 g/mol. The van der Waals surface area contributed by atoms with Gasteiger partial charge in [0.05, 0.1) is 10.5 Å². The second-order valence-corrected chi connectivity index (χ2v) is 3.99. The summed E-state index contributed by atoms with van der Waals surface area (Å²) in [4.78, 5) is 0. The Kier molecular flexibility index (Phi) is 2.45. The van der Waals surface area contributed by atoms with Gasteiger partial charge in [-0.3, -0.25) is 0 Å². The van der Waals surface area contributed by atoms with Crippen molar-refractivity contribution in [2.75, 3.05) is 6.61 Å². The number of alkyl halides is 1. The smallest absolute Gasteiger partial charge is 0.179 e. The monoisotopic (exact) mass is 263 g/mol. The molecule has 2 atom stereocenters. The first-order chi connectivity index (χ1) is 6.61. The lowest BCUT2D eigenvalue weighted by Gasteiger charge is -2.26. The van der Waals surface area contributed by atoms with E-state index in [1.807, 2.05) is 0 Å². The first kappa shape index (κ1) is 9.86. The first-order valence-electron chi connectivity index (χ1n) is 4.11. The molecular weight excluding hydrogens is 256 g/mol. The minimum Gasteiger partial charge on any atom is -0.487 e. The van der Waals surface area contributed by atoms with Crippen LogP contribution in [0.4, 0.5) is 8.78 Å². The molecule has 1 aromatic carbocycles. The zero-order valence-electron chi connectivity index (χ0n) is 7.14. The number of nitrogens with two attached hydrogens (primary N) is 1. The topological polar surface area (TPSA) is 35.2 Å². The summed E-state index contributed by atoms with van der Waals surface area (Å²) in [5, 5.41) is 0. The third kappa shape index (κ3) is 1.40. The highest BCUT2D eigenvalue weighted by molar-refractivity contribution is 9.10. The van der Waals surface area contributed by atoms with Crippen molar-refractivity contribution in [3.05, 3.63) is 28.0 Å². The van der Waals surface area contributed by atoms with Crippen molar-refractivity contribution >= 4 is 15.9 Å². The molecule has 1 aromatic rings. The molecule has 1 aliphatic rings. The number of hydrogen-bond donors (Lipinski definition) is 1. The third-order valence-electron chi connectivity index (χ3n) is 2.22. The Morgan fingerprint density at radius 3 is 2.93 bits per heavy atom. The van der Waals surface area contributed by atoms with Gasteiger partial charge in [0.25, 0.3) is 0 Å². The van der Waals surface area contributed by atoms with Gasteiger partial charge in [-0.2, -0.15) is 0 Å². The van der Waals surface area contributed by atoms with Gasteiger partial charge >= 0.3 is 0 Å². The van der Waals surface area contributed by atoms with E-state index in [1.54, 1.807) is 6.07 Å².